The van der Waals surface area contributed by atoms with Crippen molar-refractivity contribution < 1.29 is 4.79 Å². The Balaban J connectivity index is 1.82. The summed E-state index contributed by atoms with van der Waals surface area (Å²) in [6.45, 7) is 0. The van der Waals surface area contributed by atoms with Crippen molar-refractivity contribution in [3.05, 3.63) is 57.6 Å². The summed E-state index contributed by atoms with van der Waals surface area (Å²) in [5.74, 6) is -0.169. The Hall–Kier alpha value is -1.82. The molecule has 0 aliphatic heterocycles. The zero-order valence-corrected chi connectivity index (χ0v) is 13.8. The molecular weight excluding hydrogens is 341 g/mol. The highest BCUT2D eigenvalue weighted by Crippen LogP contribution is 2.32. The Labute approximate surface area is 141 Å². The number of nitrogens with zero attached hydrogens (tertiary/aromatic N) is 2. The monoisotopic (exact) mass is 351 g/mol. The molecule has 1 N–H and O–H groups in total. The first-order valence-electron chi connectivity index (χ1n) is 6.37. The molecule has 0 radical (unpaired) electrons. The van der Waals surface area contributed by atoms with Crippen molar-refractivity contribution in [3.8, 4) is 10.4 Å². The number of aryl methyl sites for hydroxylation is 1. The van der Waals surface area contributed by atoms with Crippen LogP contribution in [0, 0.1) is 0 Å². The minimum atomic E-state index is -0.169. The molecule has 112 valence electrons. The minimum Gasteiger partial charge on any atom is -0.319 e. The molecule has 22 heavy (non-hydrogen) atoms. The first-order valence-corrected chi connectivity index (χ1v) is 7.95. The van der Waals surface area contributed by atoms with Crippen LogP contribution in [0.4, 0.5) is 5.69 Å². The smallest absolute Gasteiger partial charge is 0.265 e. The van der Waals surface area contributed by atoms with Gasteiger partial charge in [0.25, 0.3) is 5.91 Å². The maximum absolute atomic E-state index is 12.2. The fraction of sp³-hybridized carbons (Fsp3) is 0.0667. The van der Waals surface area contributed by atoms with Crippen LogP contribution in [-0.4, -0.2) is 15.7 Å². The number of amides is 1. The van der Waals surface area contributed by atoms with E-state index in [0.29, 0.717) is 20.6 Å². The molecule has 3 aromatic rings. The van der Waals surface area contributed by atoms with E-state index in [0.717, 1.165) is 10.4 Å². The third-order valence-corrected chi connectivity index (χ3v) is 4.51. The predicted octanol–water partition coefficient (Wildman–Crippen LogP) is 4.71. The lowest BCUT2D eigenvalue weighted by Crippen LogP contribution is -2.09. The van der Waals surface area contributed by atoms with Crippen LogP contribution in [0.2, 0.25) is 10.0 Å². The largest absolute Gasteiger partial charge is 0.319 e. The first kappa shape index (κ1) is 15.1. The lowest BCUT2D eigenvalue weighted by molar-refractivity contribution is 0.103. The first-order chi connectivity index (χ1) is 10.5. The third kappa shape index (κ3) is 3.32. The number of thiophene rings is 1. The van der Waals surface area contributed by atoms with E-state index in [1.54, 1.807) is 36.3 Å². The second-order valence-electron chi connectivity index (χ2n) is 4.68. The molecule has 0 aliphatic rings. The van der Waals surface area contributed by atoms with Gasteiger partial charge in [-0.3, -0.25) is 9.48 Å². The number of hydrogen-bond acceptors (Lipinski definition) is 3. The summed E-state index contributed by atoms with van der Waals surface area (Å²) in [6.07, 6.45) is 3.34. The van der Waals surface area contributed by atoms with Crippen LogP contribution >= 0.6 is 34.5 Å². The van der Waals surface area contributed by atoms with Crippen LogP contribution in [-0.2, 0) is 7.05 Å². The van der Waals surface area contributed by atoms with Gasteiger partial charge in [0, 0.05) is 28.2 Å². The molecule has 1 aromatic carbocycles. The van der Waals surface area contributed by atoms with Gasteiger partial charge in [0.1, 0.15) is 0 Å². The second-order valence-corrected chi connectivity index (χ2v) is 6.64. The molecule has 0 saturated carbocycles. The molecule has 0 saturated heterocycles. The SMILES string of the molecule is Cn1cc(NC(=O)c2ccc(-c3cc(Cl)cc(Cl)c3)s2)cn1. The fourth-order valence-electron chi connectivity index (χ4n) is 1.99. The highest BCUT2D eigenvalue weighted by atomic mass is 35.5. The van der Waals surface area contributed by atoms with E-state index >= 15 is 0 Å². The quantitative estimate of drug-likeness (QED) is 0.742. The molecule has 0 unspecified atom stereocenters. The summed E-state index contributed by atoms with van der Waals surface area (Å²) in [5, 5.41) is 7.95. The highest BCUT2D eigenvalue weighted by molar-refractivity contribution is 7.17. The Morgan fingerprint density at radius 2 is 1.95 bits per heavy atom. The van der Waals surface area contributed by atoms with Gasteiger partial charge >= 0.3 is 0 Å². The number of halogens is 2. The molecule has 0 spiro atoms. The Morgan fingerprint density at radius 3 is 2.59 bits per heavy atom. The van der Waals surface area contributed by atoms with E-state index in [-0.39, 0.29) is 5.91 Å². The van der Waals surface area contributed by atoms with Gasteiger partial charge in [-0.1, -0.05) is 23.2 Å². The summed E-state index contributed by atoms with van der Waals surface area (Å²) >= 11 is 13.4. The summed E-state index contributed by atoms with van der Waals surface area (Å²) in [6, 6.07) is 8.98. The topological polar surface area (TPSA) is 46.9 Å². The molecule has 2 heterocycles. The zero-order valence-electron chi connectivity index (χ0n) is 11.5. The van der Waals surface area contributed by atoms with Crippen LogP contribution in [0.5, 0.6) is 0 Å². The van der Waals surface area contributed by atoms with Crippen molar-refractivity contribution >= 4 is 46.1 Å². The lowest BCUT2D eigenvalue weighted by Gasteiger charge is -2.01. The third-order valence-electron chi connectivity index (χ3n) is 2.94. The van der Waals surface area contributed by atoms with E-state index in [1.807, 2.05) is 18.2 Å². The van der Waals surface area contributed by atoms with Crippen molar-refractivity contribution in [2.45, 2.75) is 0 Å². The van der Waals surface area contributed by atoms with E-state index in [9.17, 15) is 4.79 Å². The molecule has 0 atom stereocenters. The van der Waals surface area contributed by atoms with Crippen LogP contribution in [0.25, 0.3) is 10.4 Å². The average Bonchev–Trinajstić information content (AvgIpc) is 3.07. The van der Waals surface area contributed by atoms with Crippen molar-refractivity contribution in [1.82, 2.24) is 9.78 Å². The molecule has 3 rings (SSSR count). The van der Waals surface area contributed by atoms with Crippen molar-refractivity contribution in [2.24, 2.45) is 7.05 Å². The molecule has 0 aliphatic carbocycles. The molecule has 7 heteroatoms. The Morgan fingerprint density at radius 1 is 1.23 bits per heavy atom. The number of benzene rings is 1. The number of anilines is 1. The summed E-state index contributed by atoms with van der Waals surface area (Å²) in [5.41, 5.74) is 1.55. The van der Waals surface area contributed by atoms with Crippen LogP contribution < -0.4 is 5.32 Å². The molecule has 0 fully saturated rings. The van der Waals surface area contributed by atoms with Gasteiger partial charge in [-0.25, -0.2) is 0 Å². The summed E-state index contributed by atoms with van der Waals surface area (Å²) in [4.78, 5) is 13.7. The Kier molecular flexibility index (Phi) is 4.20. The van der Waals surface area contributed by atoms with Crippen molar-refractivity contribution in [1.29, 1.82) is 0 Å². The molecular formula is C15H11Cl2N3OS. The van der Waals surface area contributed by atoms with Crippen molar-refractivity contribution in [2.75, 3.05) is 5.32 Å². The zero-order chi connectivity index (χ0) is 15.7. The van der Waals surface area contributed by atoms with Gasteiger partial charge in [0.15, 0.2) is 0 Å². The number of carbonyl (C=O) groups excluding carboxylic acids is 1. The average molecular weight is 352 g/mol. The number of hydrogen-bond donors (Lipinski definition) is 1. The summed E-state index contributed by atoms with van der Waals surface area (Å²) in [7, 11) is 1.79. The number of carbonyl (C=O) groups is 1. The molecule has 1 amide bonds. The van der Waals surface area contributed by atoms with E-state index in [1.165, 1.54) is 11.3 Å². The maximum atomic E-state index is 12.2. The van der Waals surface area contributed by atoms with E-state index in [2.05, 4.69) is 10.4 Å². The van der Waals surface area contributed by atoms with Crippen LogP contribution in [0.15, 0.2) is 42.7 Å². The number of rotatable bonds is 3. The minimum absolute atomic E-state index is 0.169. The maximum Gasteiger partial charge on any atom is 0.265 e. The Bertz CT molecular complexity index is 821. The molecule has 0 bridgehead atoms. The lowest BCUT2D eigenvalue weighted by atomic mass is 10.2. The molecule has 2 aromatic heterocycles. The second kappa shape index (κ2) is 6.12. The van der Waals surface area contributed by atoms with Gasteiger partial charge in [0.2, 0.25) is 0 Å². The fourth-order valence-corrected chi connectivity index (χ4v) is 3.40. The summed E-state index contributed by atoms with van der Waals surface area (Å²) < 4.78 is 1.63. The van der Waals surface area contributed by atoms with Gasteiger partial charge in [-0.05, 0) is 35.9 Å². The van der Waals surface area contributed by atoms with E-state index < -0.39 is 0 Å². The number of aromatic nitrogens is 2. The van der Waals surface area contributed by atoms with Crippen molar-refractivity contribution in [3.63, 3.8) is 0 Å². The van der Waals surface area contributed by atoms with Crippen LogP contribution in [0.3, 0.4) is 0 Å². The standard InChI is InChI=1S/C15H11Cl2N3OS/c1-20-8-12(7-18-20)19-15(21)14-3-2-13(22-14)9-4-10(16)6-11(17)5-9/h2-8H,1H3,(H,19,21). The van der Waals surface area contributed by atoms with Crippen LogP contribution in [0.1, 0.15) is 9.67 Å². The van der Waals surface area contributed by atoms with Gasteiger partial charge in [0.05, 0.1) is 16.8 Å². The number of nitrogens with one attached hydrogen (secondary N) is 1. The van der Waals surface area contributed by atoms with Gasteiger partial charge < -0.3 is 5.32 Å². The molecule has 4 nitrogen and oxygen atoms in total. The normalized spacial score (nSPS) is 10.7. The highest BCUT2D eigenvalue weighted by Gasteiger charge is 2.12. The van der Waals surface area contributed by atoms with Gasteiger partial charge in [-0.2, -0.15) is 5.10 Å². The van der Waals surface area contributed by atoms with Gasteiger partial charge in [-0.15, -0.1) is 11.3 Å². The van der Waals surface area contributed by atoms with E-state index in [4.69, 9.17) is 23.2 Å². The predicted molar refractivity (Wildman–Crippen MR) is 90.9 cm³/mol.